The van der Waals surface area contributed by atoms with E-state index in [0.29, 0.717) is 11.1 Å². The Bertz CT molecular complexity index is 419. The van der Waals surface area contributed by atoms with Gasteiger partial charge in [0.2, 0.25) is 11.1 Å². The number of rotatable bonds is 3. The van der Waals surface area contributed by atoms with Gasteiger partial charge >= 0.3 is 0 Å². The molecule has 7 nitrogen and oxygen atoms in total. The topological polar surface area (TPSA) is 98.3 Å². The van der Waals surface area contributed by atoms with Crippen molar-refractivity contribution in [2.75, 3.05) is 5.73 Å². The van der Waals surface area contributed by atoms with Crippen molar-refractivity contribution >= 4 is 17.7 Å². The maximum atomic E-state index is 5.39. The maximum Gasteiger partial charge on any atom is 0.216 e. The van der Waals surface area contributed by atoms with Crippen molar-refractivity contribution in [3.8, 4) is 0 Å². The van der Waals surface area contributed by atoms with Gasteiger partial charge in [-0.05, 0) is 0 Å². The maximum absolute atomic E-state index is 5.39. The summed E-state index contributed by atoms with van der Waals surface area (Å²) in [5.74, 6) is 1.05. The van der Waals surface area contributed by atoms with Crippen molar-refractivity contribution < 1.29 is 0 Å². The van der Waals surface area contributed by atoms with Crippen molar-refractivity contribution in [2.24, 2.45) is 7.05 Å². The highest BCUT2D eigenvalue weighted by atomic mass is 32.2. The Balaban J connectivity index is 1.98. The van der Waals surface area contributed by atoms with E-state index in [1.165, 1.54) is 11.8 Å². The van der Waals surface area contributed by atoms with E-state index in [-0.39, 0.29) is 0 Å². The Hall–Kier alpha value is -1.57. The minimum atomic E-state index is 0.329. The number of nitrogens with one attached hydrogen (secondary N) is 1. The number of H-pyrrole nitrogens is 1. The molecule has 14 heavy (non-hydrogen) atoms. The van der Waals surface area contributed by atoms with Crippen molar-refractivity contribution in [3.05, 3.63) is 11.9 Å². The molecular weight excluding hydrogens is 202 g/mol. The Kier molecular flexibility index (Phi) is 2.35. The number of aryl methyl sites for hydroxylation is 1. The van der Waals surface area contributed by atoms with Crippen molar-refractivity contribution in [3.63, 3.8) is 0 Å². The molecule has 0 spiro atoms. The molecule has 0 unspecified atom stereocenters. The van der Waals surface area contributed by atoms with Gasteiger partial charge in [-0.2, -0.15) is 4.98 Å². The normalized spacial score (nSPS) is 10.6. The molecule has 0 fully saturated rings. The molecule has 2 heterocycles. The summed E-state index contributed by atoms with van der Waals surface area (Å²) in [7, 11) is 1.84. The van der Waals surface area contributed by atoms with Crippen LogP contribution in [0.1, 0.15) is 5.69 Å². The number of nitrogen functional groups attached to an aromatic ring is 1. The summed E-state index contributed by atoms with van der Waals surface area (Å²) in [5.41, 5.74) is 6.40. The van der Waals surface area contributed by atoms with Gasteiger partial charge in [-0.3, -0.25) is 4.68 Å². The molecule has 0 amide bonds. The molecule has 0 atom stereocenters. The standard InChI is InChI=1S/C6H9N7S/c1-13-4(2-8-12-13)3-14-6-9-5(7)10-11-6/h2H,3H2,1H3,(H3,7,9,10,11). The summed E-state index contributed by atoms with van der Waals surface area (Å²) in [6, 6.07) is 0. The van der Waals surface area contributed by atoms with Crippen LogP contribution in [0.3, 0.4) is 0 Å². The molecule has 0 saturated heterocycles. The van der Waals surface area contributed by atoms with Crippen LogP contribution in [0.4, 0.5) is 5.95 Å². The van der Waals surface area contributed by atoms with E-state index in [4.69, 9.17) is 5.73 Å². The highest BCUT2D eigenvalue weighted by molar-refractivity contribution is 7.98. The lowest BCUT2D eigenvalue weighted by molar-refractivity contribution is 0.693. The second-order valence-corrected chi connectivity index (χ2v) is 3.58. The molecule has 3 N–H and O–H groups in total. The molecule has 0 radical (unpaired) electrons. The summed E-state index contributed by atoms with van der Waals surface area (Å²) in [4.78, 5) is 3.96. The molecular formula is C6H9N7S. The number of aromatic amines is 1. The summed E-state index contributed by atoms with van der Waals surface area (Å²) in [6.45, 7) is 0. The fourth-order valence-corrected chi connectivity index (χ4v) is 1.71. The average Bonchev–Trinajstić information content (AvgIpc) is 2.72. The third kappa shape index (κ3) is 1.84. The van der Waals surface area contributed by atoms with Crippen LogP contribution >= 0.6 is 11.8 Å². The van der Waals surface area contributed by atoms with Crippen LogP contribution in [0.15, 0.2) is 11.4 Å². The van der Waals surface area contributed by atoms with Crippen LogP contribution in [0.2, 0.25) is 0 Å². The number of anilines is 1. The molecule has 74 valence electrons. The van der Waals surface area contributed by atoms with Gasteiger partial charge in [-0.15, -0.1) is 10.2 Å². The minimum absolute atomic E-state index is 0.329. The Morgan fingerprint density at radius 3 is 3.07 bits per heavy atom. The van der Waals surface area contributed by atoms with Crippen molar-refractivity contribution in [2.45, 2.75) is 10.9 Å². The van der Waals surface area contributed by atoms with E-state index in [1.54, 1.807) is 10.9 Å². The van der Waals surface area contributed by atoms with Crippen LogP contribution in [0, 0.1) is 0 Å². The molecule has 0 aliphatic rings. The van der Waals surface area contributed by atoms with Crippen LogP contribution in [0.25, 0.3) is 0 Å². The summed E-state index contributed by atoms with van der Waals surface area (Å²) >= 11 is 1.48. The second kappa shape index (κ2) is 3.66. The summed E-state index contributed by atoms with van der Waals surface area (Å²) in [6.07, 6.45) is 1.71. The number of nitrogens with zero attached hydrogens (tertiary/aromatic N) is 5. The SMILES string of the molecule is Cn1nncc1CSc1n[nH]c(N)n1. The second-order valence-electron chi connectivity index (χ2n) is 2.64. The van der Waals surface area contributed by atoms with Gasteiger partial charge in [0, 0.05) is 12.8 Å². The first-order chi connectivity index (χ1) is 6.75. The highest BCUT2D eigenvalue weighted by Crippen LogP contribution is 2.17. The highest BCUT2D eigenvalue weighted by Gasteiger charge is 2.04. The van der Waals surface area contributed by atoms with Crippen molar-refractivity contribution in [1.82, 2.24) is 30.2 Å². The van der Waals surface area contributed by atoms with Crippen LogP contribution in [-0.4, -0.2) is 30.2 Å². The lowest BCUT2D eigenvalue weighted by atomic mass is 10.5. The molecule has 2 rings (SSSR count). The molecule has 0 aromatic carbocycles. The van der Waals surface area contributed by atoms with Crippen LogP contribution < -0.4 is 5.73 Å². The van der Waals surface area contributed by atoms with E-state index in [9.17, 15) is 0 Å². The lowest BCUT2D eigenvalue weighted by Gasteiger charge is -1.96. The average molecular weight is 211 g/mol. The Labute approximate surface area is 84.1 Å². The van der Waals surface area contributed by atoms with Gasteiger partial charge in [-0.1, -0.05) is 17.0 Å². The number of aromatic nitrogens is 6. The molecule has 8 heteroatoms. The smallest absolute Gasteiger partial charge is 0.216 e. The van der Waals surface area contributed by atoms with Crippen LogP contribution in [-0.2, 0) is 12.8 Å². The molecule has 0 bridgehead atoms. The third-order valence-corrected chi connectivity index (χ3v) is 2.52. The molecule has 0 aliphatic heterocycles. The molecule has 2 aromatic heterocycles. The first-order valence-electron chi connectivity index (χ1n) is 3.90. The van der Waals surface area contributed by atoms with Gasteiger partial charge in [0.1, 0.15) is 0 Å². The minimum Gasteiger partial charge on any atom is -0.368 e. The fraction of sp³-hybridized carbons (Fsp3) is 0.333. The quantitative estimate of drug-likeness (QED) is 0.683. The van der Waals surface area contributed by atoms with Gasteiger partial charge in [-0.25, -0.2) is 5.10 Å². The zero-order valence-corrected chi connectivity index (χ0v) is 8.32. The Morgan fingerprint density at radius 1 is 1.64 bits per heavy atom. The van der Waals surface area contributed by atoms with Gasteiger partial charge in [0.25, 0.3) is 0 Å². The van der Waals surface area contributed by atoms with Gasteiger partial charge < -0.3 is 5.73 Å². The van der Waals surface area contributed by atoms with E-state index in [1.807, 2.05) is 7.05 Å². The monoisotopic (exact) mass is 211 g/mol. The molecule has 2 aromatic rings. The summed E-state index contributed by atoms with van der Waals surface area (Å²) < 4.78 is 1.71. The zero-order valence-electron chi connectivity index (χ0n) is 7.51. The number of hydrogen-bond donors (Lipinski definition) is 2. The van der Waals surface area contributed by atoms with Crippen LogP contribution in [0.5, 0.6) is 0 Å². The van der Waals surface area contributed by atoms with Gasteiger partial charge in [0.05, 0.1) is 11.9 Å². The van der Waals surface area contributed by atoms with E-state index < -0.39 is 0 Å². The Morgan fingerprint density at radius 2 is 2.50 bits per heavy atom. The van der Waals surface area contributed by atoms with E-state index >= 15 is 0 Å². The van der Waals surface area contributed by atoms with E-state index in [2.05, 4.69) is 25.5 Å². The predicted molar refractivity (Wildman–Crippen MR) is 51.4 cm³/mol. The van der Waals surface area contributed by atoms with Gasteiger partial charge in [0.15, 0.2) is 0 Å². The number of hydrogen-bond acceptors (Lipinski definition) is 6. The summed E-state index contributed by atoms with van der Waals surface area (Å²) in [5, 5.41) is 14.7. The number of thioether (sulfide) groups is 1. The van der Waals surface area contributed by atoms with Crippen molar-refractivity contribution in [1.29, 1.82) is 0 Å². The zero-order chi connectivity index (χ0) is 9.97. The number of nitrogens with two attached hydrogens (primary N) is 1. The lowest BCUT2D eigenvalue weighted by Crippen LogP contribution is -1.96. The molecule has 0 aliphatic carbocycles. The third-order valence-electron chi connectivity index (χ3n) is 1.64. The van der Waals surface area contributed by atoms with E-state index in [0.717, 1.165) is 11.4 Å². The first kappa shape index (κ1) is 9.00. The molecule has 0 saturated carbocycles. The largest absolute Gasteiger partial charge is 0.368 e. The first-order valence-corrected chi connectivity index (χ1v) is 4.88. The predicted octanol–water partition coefficient (Wildman–Crippen LogP) is -0.192. The fourth-order valence-electron chi connectivity index (χ4n) is 0.903.